The number of nitrogens with one attached hydrogen (secondary N) is 1. The quantitative estimate of drug-likeness (QED) is 0.834. The van der Waals surface area contributed by atoms with E-state index in [0.29, 0.717) is 12.3 Å². The summed E-state index contributed by atoms with van der Waals surface area (Å²) >= 11 is 4.97. The summed E-state index contributed by atoms with van der Waals surface area (Å²) in [5.41, 5.74) is 0.901. The van der Waals surface area contributed by atoms with E-state index in [0.717, 1.165) is 28.0 Å². The summed E-state index contributed by atoms with van der Waals surface area (Å²) < 4.78 is 0.733. The molecule has 1 aromatic carbocycles. The number of hydrogen-bond acceptors (Lipinski definition) is 4. The van der Waals surface area contributed by atoms with Crippen LogP contribution in [0.5, 0.6) is 5.75 Å². The third-order valence-corrected chi connectivity index (χ3v) is 3.86. The average molecular weight is 313 g/mol. The number of hydrogen-bond donors (Lipinski definition) is 2. The Labute approximate surface area is 113 Å². The molecular formula is C12H13BrN2OS. The molecule has 0 saturated heterocycles. The third-order valence-electron chi connectivity index (χ3n) is 2.38. The maximum atomic E-state index is 9.78. The van der Waals surface area contributed by atoms with Crippen LogP contribution >= 0.6 is 27.3 Å². The van der Waals surface area contributed by atoms with Gasteiger partial charge in [-0.15, -0.1) is 11.3 Å². The zero-order valence-electron chi connectivity index (χ0n) is 9.19. The predicted octanol–water partition coefficient (Wildman–Crippen LogP) is 2.94. The van der Waals surface area contributed by atoms with Gasteiger partial charge in [0.05, 0.1) is 9.48 Å². The van der Waals surface area contributed by atoms with E-state index >= 15 is 0 Å². The Bertz CT molecular complexity index is 473. The lowest BCUT2D eigenvalue weighted by Gasteiger charge is -2.07. The van der Waals surface area contributed by atoms with E-state index in [2.05, 4.69) is 26.2 Å². The van der Waals surface area contributed by atoms with Crippen LogP contribution in [0.15, 0.2) is 34.2 Å². The van der Waals surface area contributed by atoms with Crippen molar-refractivity contribution in [1.29, 1.82) is 0 Å². The van der Waals surface area contributed by atoms with E-state index in [1.54, 1.807) is 11.3 Å². The van der Waals surface area contributed by atoms with Crippen LogP contribution in [-0.2, 0) is 13.0 Å². The molecule has 0 radical (unpaired) electrons. The molecule has 0 unspecified atom stereocenters. The second kappa shape index (κ2) is 6.14. The first-order valence-corrected chi connectivity index (χ1v) is 7.00. The van der Waals surface area contributed by atoms with E-state index in [9.17, 15) is 5.11 Å². The molecule has 0 bridgehead atoms. The van der Waals surface area contributed by atoms with Crippen LogP contribution in [0.25, 0.3) is 0 Å². The second-order valence-electron chi connectivity index (χ2n) is 3.60. The fourth-order valence-corrected chi connectivity index (χ4v) is 2.53. The van der Waals surface area contributed by atoms with E-state index in [4.69, 9.17) is 0 Å². The van der Waals surface area contributed by atoms with Crippen LogP contribution in [0.4, 0.5) is 0 Å². The van der Waals surface area contributed by atoms with Gasteiger partial charge in [0.15, 0.2) is 0 Å². The summed E-state index contributed by atoms with van der Waals surface area (Å²) in [6.07, 6.45) is 2.74. The molecule has 0 fully saturated rings. The molecule has 1 heterocycles. The molecule has 90 valence electrons. The highest BCUT2D eigenvalue weighted by Gasteiger charge is 2.03. The van der Waals surface area contributed by atoms with Crippen LogP contribution in [-0.4, -0.2) is 16.6 Å². The SMILES string of the molecule is Oc1c(Br)cccc1CNCCc1nccs1. The van der Waals surface area contributed by atoms with Crippen molar-refractivity contribution in [2.75, 3.05) is 6.54 Å². The molecule has 3 nitrogen and oxygen atoms in total. The van der Waals surface area contributed by atoms with Gasteiger partial charge in [-0.2, -0.15) is 0 Å². The maximum Gasteiger partial charge on any atom is 0.134 e. The van der Waals surface area contributed by atoms with Gasteiger partial charge in [0.25, 0.3) is 0 Å². The first-order valence-electron chi connectivity index (χ1n) is 5.33. The van der Waals surface area contributed by atoms with Crippen molar-refractivity contribution in [2.45, 2.75) is 13.0 Å². The first kappa shape index (κ1) is 12.5. The maximum absolute atomic E-state index is 9.78. The lowest BCUT2D eigenvalue weighted by atomic mass is 10.2. The van der Waals surface area contributed by atoms with E-state index in [1.165, 1.54) is 0 Å². The predicted molar refractivity (Wildman–Crippen MR) is 73.3 cm³/mol. The first-order chi connectivity index (χ1) is 8.27. The molecule has 1 aromatic heterocycles. The number of benzene rings is 1. The molecule has 0 spiro atoms. The van der Waals surface area contributed by atoms with Crippen molar-refractivity contribution in [3.8, 4) is 5.75 Å². The van der Waals surface area contributed by atoms with Gasteiger partial charge in [0.1, 0.15) is 5.75 Å². The van der Waals surface area contributed by atoms with Crippen molar-refractivity contribution < 1.29 is 5.11 Å². The van der Waals surface area contributed by atoms with Gasteiger partial charge in [0, 0.05) is 36.7 Å². The molecule has 5 heteroatoms. The summed E-state index contributed by atoms with van der Waals surface area (Å²) in [4.78, 5) is 4.21. The molecule has 2 N–H and O–H groups in total. The number of halogens is 1. The second-order valence-corrected chi connectivity index (χ2v) is 5.43. The van der Waals surface area contributed by atoms with E-state index in [-0.39, 0.29) is 0 Å². The minimum atomic E-state index is 0.314. The van der Waals surface area contributed by atoms with Crippen LogP contribution < -0.4 is 5.32 Å². The molecule has 0 aliphatic carbocycles. The zero-order valence-corrected chi connectivity index (χ0v) is 11.6. The highest BCUT2D eigenvalue weighted by atomic mass is 79.9. The Morgan fingerprint density at radius 3 is 3.06 bits per heavy atom. The Morgan fingerprint density at radius 2 is 2.29 bits per heavy atom. The van der Waals surface area contributed by atoms with Gasteiger partial charge < -0.3 is 10.4 Å². The number of aromatic hydroxyl groups is 1. The molecule has 0 atom stereocenters. The Morgan fingerprint density at radius 1 is 1.41 bits per heavy atom. The van der Waals surface area contributed by atoms with Crippen molar-refractivity contribution in [3.63, 3.8) is 0 Å². The number of phenolic OH excluding ortho intramolecular Hbond substituents is 1. The molecule has 0 aliphatic rings. The summed E-state index contributed by atoms with van der Waals surface area (Å²) in [5.74, 6) is 0.314. The summed E-state index contributed by atoms with van der Waals surface area (Å²) in [7, 11) is 0. The van der Waals surface area contributed by atoms with E-state index in [1.807, 2.05) is 29.8 Å². The van der Waals surface area contributed by atoms with Gasteiger partial charge in [-0.05, 0) is 22.0 Å². The average Bonchev–Trinajstić information content (AvgIpc) is 2.83. The smallest absolute Gasteiger partial charge is 0.134 e. The number of rotatable bonds is 5. The van der Waals surface area contributed by atoms with E-state index < -0.39 is 0 Å². The molecule has 2 rings (SSSR count). The minimum absolute atomic E-state index is 0.314. The summed E-state index contributed by atoms with van der Waals surface area (Å²) in [6, 6.07) is 5.66. The number of nitrogens with zero attached hydrogens (tertiary/aromatic N) is 1. The summed E-state index contributed by atoms with van der Waals surface area (Å²) in [5, 5.41) is 16.2. The normalized spacial score (nSPS) is 10.6. The molecule has 0 aliphatic heterocycles. The monoisotopic (exact) mass is 312 g/mol. The van der Waals surface area contributed by atoms with Crippen molar-refractivity contribution in [2.24, 2.45) is 0 Å². The van der Waals surface area contributed by atoms with Crippen molar-refractivity contribution in [1.82, 2.24) is 10.3 Å². The lowest BCUT2D eigenvalue weighted by Crippen LogP contribution is -2.16. The van der Waals surface area contributed by atoms with Crippen LogP contribution in [0.2, 0.25) is 0 Å². The molecule has 0 saturated carbocycles. The highest BCUT2D eigenvalue weighted by Crippen LogP contribution is 2.27. The molecular weight excluding hydrogens is 300 g/mol. The van der Waals surface area contributed by atoms with Gasteiger partial charge in [-0.3, -0.25) is 0 Å². The largest absolute Gasteiger partial charge is 0.506 e. The van der Waals surface area contributed by atoms with Crippen LogP contribution in [0.3, 0.4) is 0 Å². The van der Waals surface area contributed by atoms with Gasteiger partial charge in [0.2, 0.25) is 0 Å². The lowest BCUT2D eigenvalue weighted by molar-refractivity contribution is 0.461. The Hall–Kier alpha value is -0.910. The van der Waals surface area contributed by atoms with Gasteiger partial charge >= 0.3 is 0 Å². The summed E-state index contributed by atoms with van der Waals surface area (Å²) in [6.45, 7) is 1.52. The molecule has 17 heavy (non-hydrogen) atoms. The third kappa shape index (κ3) is 3.52. The fraction of sp³-hybridized carbons (Fsp3) is 0.250. The molecule has 2 aromatic rings. The molecule has 0 amide bonds. The fourth-order valence-electron chi connectivity index (χ4n) is 1.50. The standard InChI is InChI=1S/C12H13BrN2OS/c13-10-3-1-2-9(12(10)16)8-14-5-4-11-15-6-7-17-11/h1-3,6-7,14,16H,4-5,8H2. The Kier molecular flexibility index (Phi) is 4.53. The van der Waals surface area contributed by atoms with Crippen LogP contribution in [0, 0.1) is 0 Å². The highest BCUT2D eigenvalue weighted by molar-refractivity contribution is 9.10. The number of aromatic nitrogens is 1. The Balaban J connectivity index is 1.80. The van der Waals surface area contributed by atoms with Crippen molar-refractivity contribution in [3.05, 3.63) is 44.8 Å². The number of phenols is 1. The number of para-hydroxylation sites is 1. The van der Waals surface area contributed by atoms with Crippen LogP contribution in [0.1, 0.15) is 10.6 Å². The topological polar surface area (TPSA) is 45.1 Å². The zero-order chi connectivity index (χ0) is 12.1. The van der Waals surface area contributed by atoms with Gasteiger partial charge in [-0.25, -0.2) is 4.98 Å². The number of thiazole rings is 1. The minimum Gasteiger partial charge on any atom is -0.506 e. The van der Waals surface area contributed by atoms with Crippen molar-refractivity contribution >= 4 is 27.3 Å². The van der Waals surface area contributed by atoms with Gasteiger partial charge in [-0.1, -0.05) is 12.1 Å².